The Balaban J connectivity index is 2.11. The molecule has 0 saturated carbocycles. The Labute approximate surface area is 129 Å². The number of primary amides is 1. The third-order valence-electron chi connectivity index (χ3n) is 3.82. The van der Waals surface area contributed by atoms with E-state index in [2.05, 4.69) is 0 Å². The molecule has 2 rings (SSSR count). The van der Waals surface area contributed by atoms with Crippen molar-refractivity contribution in [3.8, 4) is 0 Å². The minimum atomic E-state index is -0.986. The first kappa shape index (κ1) is 16.0. The van der Waals surface area contributed by atoms with Gasteiger partial charge in [-0.25, -0.2) is 0 Å². The lowest BCUT2D eigenvalue weighted by atomic mass is 10.1. The van der Waals surface area contributed by atoms with Crippen molar-refractivity contribution in [1.82, 2.24) is 0 Å². The van der Waals surface area contributed by atoms with E-state index in [9.17, 15) is 14.4 Å². The molecule has 1 aliphatic rings. The first-order valence-corrected chi connectivity index (χ1v) is 7.32. The number of carbonyl (C=O) groups excluding carboxylic acids is 3. The van der Waals surface area contributed by atoms with Gasteiger partial charge >= 0.3 is 5.97 Å². The highest BCUT2D eigenvalue weighted by molar-refractivity contribution is 6.00. The highest BCUT2D eigenvalue weighted by Gasteiger charge is 2.37. The number of nitrogens with two attached hydrogens (primary N) is 1. The van der Waals surface area contributed by atoms with Crippen molar-refractivity contribution in [2.75, 3.05) is 11.4 Å². The first-order valence-electron chi connectivity index (χ1n) is 7.32. The average Bonchev–Trinajstić information content (AvgIpc) is 2.88. The number of nitrogens with zero attached hydrogens (tertiary/aromatic N) is 1. The fourth-order valence-corrected chi connectivity index (χ4v) is 2.50. The van der Waals surface area contributed by atoms with Crippen LogP contribution in [0.15, 0.2) is 24.3 Å². The molecule has 2 N–H and O–H groups in total. The topological polar surface area (TPSA) is 89.7 Å². The summed E-state index contributed by atoms with van der Waals surface area (Å²) in [5.74, 6) is -1.95. The van der Waals surface area contributed by atoms with Gasteiger partial charge in [-0.1, -0.05) is 25.1 Å². The Morgan fingerprint density at radius 3 is 2.73 bits per heavy atom. The Morgan fingerprint density at radius 2 is 2.09 bits per heavy atom. The van der Waals surface area contributed by atoms with E-state index in [1.165, 1.54) is 6.92 Å². The zero-order valence-corrected chi connectivity index (χ0v) is 12.7. The van der Waals surface area contributed by atoms with Crippen LogP contribution in [-0.2, 0) is 25.5 Å². The standard InChI is InChI=1S/C16H20N2O4/c1-3-11-6-4-5-7-13(11)18-9-12(8-14(18)19)16(21)22-10(2)15(17)20/h4-7,10,12H,3,8-9H2,1-2H3,(H2,17,20)/t10-,12-/m1/s1. The van der Waals surface area contributed by atoms with Crippen LogP contribution in [0.5, 0.6) is 0 Å². The number of hydrogen-bond acceptors (Lipinski definition) is 4. The molecule has 118 valence electrons. The fraction of sp³-hybridized carbons (Fsp3) is 0.438. The molecule has 0 spiro atoms. The number of benzene rings is 1. The van der Waals surface area contributed by atoms with Gasteiger partial charge < -0.3 is 15.4 Å². The molecule has 0 bridgehead atoms. The van der Waals surface area contributed by atoms with Gasteiger partial charge in [0.2, 0.25) is 5.91 Å². The zero-order chi connectivity index (χ0) is 16.3. The monoisotopic (exact) mass is 304 g/mol. The number of anilines is 1. The molecule has 0 unspecified atom stereocenters. The minimum absolute atomic E-state index is 0.0857. The Hall–Kier alpha value is -2.37. The second kappa shape index (κ2) is 6.60. The number of rotatable bonds is 5. The van der Waals surface area contributed by atoms with E-state index in [1.807, 2.05) is 31.2 Å². The number of hydrogen-bond donors (Lipinski definition) is 1. The predicted molar refractivity (Wildman–Crippen MR) is 81.0 cm³/mol. The van der Waals surface area contributed by atoms with E-state index < -0.39 is 23.9 Å². The lowest BCUT2D eigenvalue weighted by Gasteiger charge is -2.20. The van der Waals surface area contributed by atoms with E-state index in [0.29, 0.717) is 0 Å². The highest BCUT2D eigenvalue weighted by Crippen LogP contribution is 2.29. The molecule has 1 aromatic rings. The van der Waals surface area contributed by atoms with Gasteiger partial charge in [0.05, 0.1) is 5.92 Å². The van der Waals surface area contributed by atoms with Gasteiger partial charge in [0.15, 0.2) is 6.10 Å². The number of amides is 2. The lowest BCUT2D eigenvalue weighted by Crippen LogP contribution is -2.33. The molecule has 6 nitrogen and oxygen atoms in total. The number of ether oxygens (including phenoxy) is 1. The maximum atomic E-state index is 12.2. The van der Waals surface area contributed by atoms with E-state index in [1.54, 1.807) is 4.90 Å². The highest BCUT2D eigenvalue weighted by atomic mass is 16.5. The van der Waals surface area contributed by atoms with E-state index >= 15 is 0 Å². The molecule has 0 radical (unpaired) electrons. The van der Waals surface area contributed by atoms with Crippen LogP contribution in [0.1, 0.15) is 25.8 Å². The SMILES string of the molecule is CCc1ccccc1N1C[C@H](C(=O)O[C@H](C)C(N)=O)CC1=O. The lowest BCUT2D eigenvalue weighted by molar-refractivity contribution is -0.157. The van der Waals surface area contributed by atoms with Gasteiger partial charge in [-0.05, 0) is 25.0 Å². The summed E-state index contributed by atoms with van der Waals surface area (Å²) >= 11 is 0. The molecule has 2 amide bonds. The molecular weight excluding hydrogens is 284 g/mol. The Morgan fingerprint density at radius 1 is 1.41 bits per heavy atom. The Bertz CT molecular complexity index is 600. The summed E-state index contributed by atoms with van der Waals surface area (Å²) in [6.45, 7) is 3.70. The number of carbonyl (C=O) groups is 3. The molecule has 2 atom stereocenters. The maximum Gasteiger partial charge on any atom is 0.312 e. The van der Waals surface area contributed by atoms with Crippen molar-refractivity contribution < 1.29 is 19.1 Å². The third kappa shape index (κ3) is 3.27. The average molecular weight is 304 g/mol. The smallest absolute Gasteiger partial charge is 0.312 e. The maximum absolute atomic E-state index is 12.2. The van der Waals surface area contributed by atoms with Crippen LogP contribution in [0.4, 0.5) is 5.69 Å². The summed E-state index contributed by atoms with van der Waals surface area (Å²) in [5, 5.41) is 0. The summed E-state index contributed by atoms with van der Waals surface area (Å²) in [6, 6.07) is 7.62. The molecule has 1 aliphatic heterocycles. The molecule has 0 aliphatic carbocycles. The van der Waals surface area contributed by atoms with Gasteiger partial charge in [0, 0.05) is 18.7 Å². The van der Waals surface area contributed by atoms with Crippen molar-refractivity contribution in [3.05, 3.63) is 29.8 Å². The first-order chi connectivity index (χ1) is 10.4. The minimum Gasteiger partial charge on any atom is -0.452 e. The molecule has 22 heavy (non-hydrogen) atoms. The van der Waals surface area contributed by atoms with Crippen LogP contribution in [0.2, 0.25) is 0 Å². The quantitative estimate of drug-likeness (QED) is 0.822. The van der Waals surface area contributed by atoms with E-state index in [4.69, 9.17) is 10.5 Å². The van der Waals surface area contributed by atoms with Crippen molar-refractivity contribution in [3.63, 3.8) is 0 Å². The summed E-state index contributed by atoms with van der Waals surface area (Å²) < 4.78 is 4.99. The van der Waals surface area contributed by atoms with Crippen LogP contribution in [0, 0.1) is 5.92 Å². The molecule has 1 aromatic carbocycles. The van der Waals surface area contributed by atoms with Crippen LogP contribution in [0.25, 0.3) is 0 Å². The number of para-hydroxylation sites is 1. The van der Waals surface area contributed by atoms with Crippen LogP contribution in [-0.4, -0.2) is 30.4 Å². The second-order valence-corrected chi connectivity index (χ2v) is 5.37. The van der Waals surface area contributed by atoms with Crippen molar-refractivity contribution in [1.29, 1.82) is 0 Å². The molecule has 1 heterocycles. The van der Waals surface area contributed by atoms with Crippen LogP contribution >= 0.6 is 0 Å². The normalized spacial score (nSPS) is 19.1. The van der Waals surface area contributed by atoms with Crippen molar-refractivity contribution in [2.45, 2.75) is 32.8 Å². The van der Waals surface area contributed by atoms with Gasteiger partial charge in [-0.2, -0.15) is 0 Å². The summed E-state index contributed by atoms with van der Waals surface area (Å²) in [6.07, 6.45) is -0.101. The van der Waals surface area contributed by atoms with Gasteiger partial charge in [-0.3, -0.25) is 14.4 Å². The second-order valence-electron chi connectivity index (χ2n) is 5.37. The van der Waals surface area contributed by atoms with E-state index in [0.717, 1.165) is 17.7 Å². The summed E-state index contributed by atoms with van der Waals surface area (Å²) in [5.41, 5.74) is 6.95. The third-order valence-corrected chi connectivity index (χ3v) is 3.82. The predicted octanol–water partition coefficient (Wildman–Crippen LogP) is 1.02. The Kier molecular flexibility index (Phi) is 4.80. The van der Waals surface area contributed by atoms with E-state index in [-0.39, 0.29) is 18.9 Å². The molecule has 1 fully saturated rings. The summed E-state index contributed by atoms with van der Waals surface area (Å²) in [4.78, 5) is 36.8. The molecular formula is C16H20N2O4. The number of aryl methyl sites for hydroxylation is 1. The zero-order valence-electron chi connectivity index (χ0n) is 12.7. The molecule has 0 aromatic heterocycles. The van der Waals surface area contributed by atoms with Crippen LogP contribution < -0.4 is 10.6 Å². The van der Waals surface area contributed by atoms with Crippen molar-refractivity contribution >= 4 is 23.5 Å². The van der Waals surface area contributed by atoms with Crippen molar-refractivity contribution in [2.24, 2.45) is 11.7 Å². The van der Waals surface area contributed by atoms with Gasteiger partial charge in [0.1, 0.15) is 0 Å². The number of esters is 1. The fourth-order valence-electron chi connectivity index (χ4n) is 2.50. The largest absolute Gasteiger partial charge is 0.452 e. The molecule has 6 heteroatoms. The molecule has 1 saturated heterocycles. The van der Waals surface area contributed by atoms with Crippen LogP contribution in [0.3, 0.4) is 0 Å². The van der Waals surface area contributed by atoms with Gasteiger partial charge in [0.25, 0.3) is 5.91 Å². The van der Waals surface area contributed by atoms with Gasteiger partial charge in [-0.15, -0.1) is 0 Å². The summed E-state index contributed by atoms with van der Waals surface area (Å²) in [7, 11) is 0.